The van der Waals surface area contributed by atoms with Crippen LogP contribution in [0.25, 0.3) is 0 Å². The van der Waals surface area contributed by atoms with E-state index in [2.05, 4.69) is 18.3 Å². The zero-order valence-corrected chi connectivity index (χ0v) is 14.2. The summed E-state index contributed by atoms with van der Waals surface area (Å²) in [5, 5.41) is 2.87. The van der Waals surface area contributed by atoms with Crippen LogP contribution in [0.3, 0.4) is 0 Å². The van der Waals surface area contributed by atoms with Crippen LogP contribution in [0.1, 0.15) is 24.5 Å². The highest BCUT2D eigenvalue weighted by atomic mass is 32.2. The molecule has 0 aromatic heterocycles. The molecule has 21 heavy (non-hydrogen) atoms. The van der Waals surface area contributed by atoms with Crippen LogP contribution in [0.4, 0.5) is 0 Å². The summed E-state index contributed by atoms with van der Waals surface area (Å²) in [6.45, 7) is 5.90. The Kier molecular flexibility index (Phi) is 4.68. The van der Waals surface area contributed by atoms with Crippen molar-refractivity contribution in [2.24, 2.45) is 0 Å². The Bertz CT molecular complexity index is 655. The summed E-state index contributed by atoms with van der Waals surface area (Å²) < 4.78 is 23.0. The molecule has 1 saturated heterocycles. The first-order valence-corrected chi connectivity index (χ1v) is 9.71. The summed E-state index contributed by atoms with van der Waals surface area (Å²) in [6, 6.07) is 6.11. The molecular weight excluding hydrogens is 306 g/mol. The molecule has 1 amide bonds. The monoisotopic (exact) mass is 327 g/mol. The van der Waals surface area contributed by atoms with Crippen LogP contribution in [0, 0.1) is 13.8 Å². The van der Waals surface area contributed by atoms with Crippen molar-refractivity contribution in [3.8, 4) is 0 Å². The van der Waals surface area contributed by atoms with Crippen LogP contribution in [0.15, 0.2) is 23.1 Å². The fraction of sp³-hybridized carbons (Fsp3) is 0.533. The fourth-order valence-electron chi connectivity index (χ4n) is 2.43. The summed E-state index contributed by atoms with van der Waals surface area (Å²) >= 11 is 1.47. The minimum Gasteiger partial charge on any atom is -0.349 e. The second kappa shape index (κ2) is 6.01. The van der Waals surface area contributed by atoms with Gasteiger partial charge in [-0.3, -0.25) is 4.79 Å². The number of nitrogens with one attached hydrogen (secondary N) is 1. The van der Waals surface area contributed by atoms with E-state index in [1.165, 1.54) is 22.9 Å². The standard InChI is InChI=1S/C15H21NO3S2/c1-11-4-5-13(8-12(11)2)20-9-14(17)16-15(3)6-7-21(18,19)10-15/h4-5,8H,6-7,9-10H2,1-3H3,(H,16,17)/t15-/m1/s1. The maximum absolute atomic E-state index is 12.0. The number of benzene rings is 1. The summed E-state index contributed by atoms with van der Waals surface area (Å²) in [5.41, 5.74) is 1.82. The van der Waals surface area contributed by atoms with Gasteiger partial charge < -0.3 is 5.32 Å². The molecule has 1 N–H and O–H groups in total. The Morgan fingerprint density at radius 2 is 2.05 bits per heavy atom. The fourth-order valence-corrected chi connectivity index (χ4v) is 5.32. The molecule has 2 rings (SSSR count). The van der Waals surface area contributed by atoms with Crippen molar-refractivity contribution in [2.75, 3.05) is 17.3 Å². The van der Waals surface area contributed by atoms with Gasteiger partial charge >= 0.3 is 0 Å². The molecule has 1 aromatic rings. The number of hydrogen-bond donors (Lipinski definition) is 1. The molecule has 1 atom stereocenters. The molecule has 116 valence electrons. The first-order chi connectivity index (χ1) is 9.69. The van der Waals surface area contributed by atoms with E-state index in [-0.39, 0.29) is 17.4 Å². The molecule has 0 bridgehead atoms. The third kappa shape index (κ3) is 4.48. The predicted molar refractivity (Wildman–Crippen MR) is 86.5 cm³/mol. The Balaban J connectivity index is 1.89. The van der Waals surface area contributed by atoms with Crippen molar-refractivity contribution < 1.29 is 13.2 Å². The first kappa shape index (κ1) is 16.4. The van der Waals surface area contributed by atoms with Gasteiger partial charge in [-0.2, -0.15) is 0 Å². The van der Waals surface area contributed by atoms with E-state index < -0.39 is 15.4 Å². The van der Waals surface area contributed by atoms with Crippen molar-refractivity contribution >= 4 is 27.5 Å². The van der Waals surface area contributed by atoms with Crippen LogP contribution < -0.4 is 5.32 Å². The maximum Gasteiger partial charge on any atom is 0.230 e. The van der Waals surface area contributed by atoms with Crippen molar-refractivity contribution in [2.45, 2.75) is 37.6 Å². The number of thioether (sulfide) groups is 1. The molecule has 1 aliphatic rings. The van der Waals surface area contributed by atoms with Crippen molar-refractivity contribution in [3.05, 3.63) is 29.3 Å². The molecule has 0 aliphatic carbocycles. The average molecular weight is 327 g/mol. The van der Waals surface area contributed by atoms with Gasteiger partial charge in [0.2, 0.25) is 5.91 Å². The molecule has 6 heteroatoms. The predicted octanol–water partition coefficient (Wildman–Crippen LogP) is 2.09. The van der Waals surface area contributed by atoms with Gasteiger partial charge in [0, 0.05) is 4.90 Å². The molecular formula is C15H21NO3S2. The first-order valence-electron chi connectivity index (χ1n) is 6.91. The quantitative estimate of drug-likeness (QED) is 0.860. The second-order valence-electron chi connectivity index (χ2n) is 5.99. The number of carbonyl (C=O) groups is 1. The van der Waals surface area contributed by atoms with E-state index in [0.29, 0.717) is 12.2 Å². The molecule has 1 aliphatic heterocycles. The van der Waals surface area contributed by atoms with Gasteiger partial charge in [-0.25, -0.2) is 8.42 Å². The Labute approximate surface area is 130 Å². The number of carbonyl (C=O) groups excluding carboxylic acids is 1. The maximum atomic E-state index is 12.0. The zero-order chi connectivity index (χ0) is 15.7. The highest BCUT2D eigenvalue weighted by molar-refractivity contribution is 8.00. The molecule has 4 nitrogen and oxygen atoms in total. The Hall–Kier alpha value is -1.01. The van der Waals surface area contributed by atoms with Crippen molar-refractivity contribution in [1.29, 1.82) is 0 Å². The number of rotatable bonds is 4. The van der Waals surface area contributed by atoms with Gasteiger partial charge in [-0.15, -0.1) is 11.8 Å². The van der Waals surface area contributed by atoms with E-state index in [1.54, 1.807) is 6.92 Å². The number of aryl methyl sites for hydroxylation is 2. The minimum atomic E-state index is -3.00. The number of hydrogen-bond acceptors (Lipinski definition) is 4. The van der Waals surface area contributed by atoms with Crippen LogP contribution in [-0.4, -0.2) is 37.1 Å². The van der Waals surface area contributed by atoms with E-state index in [1.807, 2.05) is 19.1 Å². The summed E-state index contributed by atoms with van der Waals surface area (Å²) in [5.74, 6) is 0.393. The lowest BCUT2D eigenvalue weighted by molar-refractivity contribution is -0.120. The third-order valence-electron chi connectivity index (χ3n) is 3.79. The van der Waals surface area contributed by atoms with E-state index in [9.17, 15) is 13.2 Å². The van der Waals surface area contributed by atoms with Gasteiger partial charge in [0.1, 0.15) is 0 Å². The summed E-state index contributed by atoms with van der Waals surface area (Å²) in [7, 11) is -3.00. The minimum absolute atomic E-state index is 0.0417. The molecule has 0 radical (unpaired) electrons. The second-order valence-corrected chi connectivity index (χ2v) is 9.22. The molecule has 1 heterocycles. The van der Waals surface area contributed by atoms with Crippen molar-refractivity contribution in [1.82, 2.24) is 5.32 Å². The van der Waals surface area contributed by atoms with Gasteiger partial charge in [0.25, 0.3) is 0 Å². The lowest BCUT2D eigenvalue weighted by Gasteiger charge is -2.23. The van der Waals surface area contributed by atoms with E-state index >= 15 is 0 Å². The third-order valence-corrected chi connectivity index (χ3v) is 6.69. The molecule has 1 aromatic carbocycles. The highest BCUT2D eigenvalue weighted by Gasteiger charge is 2.39. The summed E-state index contributed by atoms with van der Waals surface area (Å²) in [6.07, 6.45) is 0.495. The number of sulfone groups is 1. The van der Waals surface area contributed by atoms with Crippen LogP contribution in [0.2, 0.25) is 0 Å². The van der Waals surface area contributed by atoms with Crippen LogP contribution in [0.5, 0.6) is 0 Å². The average Bonchev–Trinajstić information content (AvgIpc) is 2.65. The summed E-state index contributed by atoms with van der Waals surface area (Å²) in [4.78, 5) is 13.1. The highest BCUT2D eigenvalue weighted by Crippen LogP contribution is 2.24. The Morgan fingerprint density at radius 1 is 1.33 bits per heavy atom. The smallest absolute Gasteiger partial charge is 0.230 e. The topological polar surface area (TPSA) is 63.2 Å². The SMILES string of the molecule is Cc1ccc(SCC(=O)N[C@]2(C)CCS(=O)(=O)C2)cc1C. The van der Waals surface area contributed by atoms with E-state index in [4.69, 9.17) is 0 Å². The molecule has 0 spiro atoms. The molecule has 0 saturated carbocycles. The zero-order valence-electron chi connectivity index (χ0n) is 12.6. The molecule has 0 unspecified atom stereocenters. The lowest BCUT2D eigenvalue weighted by Crippen LogP contribution is -2.47. The Morgan fingerprint density at radius 3 is 2.62 bits per heavy atom. The van der Waals surface area contributed by atoms with Crippen molar-refractivity contribution in [3.63, 3.8) is 0 Å². The largest absolute Gasteiger partial charge is 0.349 e. The lowest BCUT2D eigenvalue weighted by atomic mass is 10.0. The van der Waals surface area contributed by atoms with Gasteiger partial charge in [0.15, 0.2) is 9.84 Å². The van der Waals surface area contributed by atoms with Crippen LogP contribution >= 0.6 is 11.8 Å². The normalized spacial score (nSPS) is 24.0. The van der Waals surface area contributed by atoms with Gasteiger partial charge in [-0.05, 0) is 50.5 Å². The molecule has 1 fully saturated rings. The van der Waals surface area contributed by atoms with E-state index in [0.717, 1.165) is 4.90 Å². The van der Waals surface area contributed by atoms with Gasteiger partial charge in [0.05, 0.1) is 22.8 Å². The number of amides is 1. The van der Waals surface area contributed by atoms with Crippen LogP contribution in [-0.2, 0) is 14.6 Å². The van der Waals surface area contributed by atoms with Gasteiger partial charge in [-0.1, -0.05) is 6.07 Å².